The molecule has 2 fully saturated rings. The van der Waals surface area contributed by atoms with Crippen LogP contribution in [0.2, 0.25) is 0 Å². The highest BCUT2D eigenvalue weighted by Crippen LogP contribution is 2.48. The molecule has 0 spiro atoms. The molecule has 1 aromatic heterocycles. The lowest BCUT2D eigenvalue weighted by atomic mass is 10.2. The first kappa shape index (κ1) is 16.5. The number of aliphatic hydroxyl groups is 1. The predicted molar refractivity (Wildman–Crippen MR) is 85.1 cm³/mol. The number of carbonyl (C=O) groups excluding carboxylic acids is 1. The van der Waals surface area contributed by atoms with E-state index in [0.717, 1.165) is 38.4 Å². The van der Waals surface area contributed by atoms with E-state index in [2.05, 4.69) is 4.90 Å². The van der Waals surface area contributed by atoms with Crippen molar-refractivity contribution in [2.45, 2.75) is 25.4 Å². The van der Waals surface area contributed by atoms with Crippen LogP contribution in [0.4, 0.5) is 0 Å². The minimum atomic E-state index is -0.455. The topological polar surface area (TPSA) is 66.2 Å². The molecule has 2 aliphatic rings. The van der Waals surface area contributed by atoms with E-state index in [4.69, 9.17) is 9.15 Å². The number of rotatable bonds is 7. The minimum Gasteiger partial charge on any atom is -0.469 e. The second-order valence-electron chi connectivity index (χ2n) is 6.40. The van der Waals surface area contributed by atoms with E-state index >= 15 is 0 Å². The Bertz CT molecular complexity index is 497. The zero-order chi connectivity index (χ0) is 16.2. The van der Waals surface area contributed by atoms with Gasteiger partial charge in [0.2, 0.25) is 5.91 Å². The first-order valence-corrected chi connectivity index (χ1v) is 8.49. The summed E-state index contributed by atoms with van der Waals surface area (Å²) in [7, 11) is 0. The summed E-state index contributed by atoms with van der Waals surface area (Å²) in [5.74, 6) is 1.54. The van der Waals surface area contributed by atoms with E-state index < -0.39 is 6.10 Å². The highest BCUT2D eigenvalue weighted by molar-refractivity contribution is 5.83. The molecule has 6 heteroatoms. The van der Waals surface area contributed by atoms with E-state index in [0.29, 0.717) is 19.8 Å². The monoisotopic (exact) mass is 322 g/mol. The maximum atomic E-state index is 12.5. The van der Waals surface area contributed by atoms with Crippen molar-refractivity contribution in [1.29, 1.82) is 0 Å². The molecule has 1 saturated heterocycles. The number of nitrogens with zero attached hydrogens (tertiary/aromatic N) is 2. The third-order valence-electron chi connectivity index (χ3n) is 4.68. The average molecular weight is 322 g/mol. The fourth-order valence-electron chi connectivity index (χ4n) is 3.27. The fourth-order valence-corrected chi connectivity index (χ4v) is 3.27. The van der Waals surface area contributed by atoms with Crippen LogP contribution in [-0.4, -0.2) is 72.9 Å². The molecule has 0 bridgehead atoms. The van der Waals surface area contributed by atoms with Crippen LogP contribution in [0.1, 0.15) is 25.0 Å². The highest BCUT2D eigenvalue weighted by Gasteiger charge is 2.47. The zero-order valence-corrected chi connectivity index (χ0v) is 13.7. The number of β-amino-alcohol motifs (C(OH)–C–C–N with tert-alkyl or cyclic N) is 1. The molecule has 0 aromatic carbocycles. The summed E-state index contributed by atoms with van der Waals surface area (Å²) in [5.41, 5.74) is 0. The zero-order valence-electron chi connectivity index (χ0n) is 13.7. The Hall–Kier alpha value is -1.37. The standard InChI is InChI=1S/C17H26N2O4/c1-2-22-12-13(20)11-18-5-7-19(8-6-18)17(21)15-10-14(15)16-4-3-9-23-16/h3-4,9,13-15,20H,2,5-8,10-12H2,1H3/t13-,14-,15+/m1/s1. The normalized spacial score (nSPS) is 26.3. The van der Waals surface area contributed by atoms with Crippen molar-refractivity contribution in [3.63, 3.8) is 0 Å². The summed E-state index contributed by atoms with van der Waals surface area (Å²) in [6.45, 7) is 6.63. The van der Waals surface area contributed by atoms with Crippen LogP contribution in [0, 0.1) is 5.92 Å². The van der Waals surface area contributed by atoms with Crippen LogP contribution >= 0.6 is 0 Å². The molecule has 1 aliphatic carbocycles. The molecule has 0 radical (unpaired) electrons. The number of hydrogen-bond acceptors (Lipinski definition) is 5. The molecule has 3 rings (SSSR count). The maximum Gasteiger partial charge on any atom is 0.226 e. The quantitative estimate of drug-likeness (QED) is 0.809. The number of carbonyl (C=O) groups is 1. The van der Waals surface area contributed by atoms with E-state index in [1.807, 2.05) is 24.0 Å². The second-order valence-corrected chi connectivity index (χ2v) is 6.40. The van der Waals surface area contributed by atoms with Gasteiger partial charge in [-0.2, -0.15) is 0 Å². The molecular formula is C17H26N2O4. The van der Waals surface area contributed by atoms with Gasteiger partial charge in [0, 0.05) is 51.2 Å². The van der Waals surface area contributed by atoms with Crippen molar-refractivity contribution in [1.82, 2.24) is 9.80 Å². The number of amides is 1. The van der Waals surface area contributed by atoms with Gasteiger partial charge in [-0.25, -0.2) is 0 Å². The molecular weight excluding hydrogens is 296 g/mol. The van der Waals surface area contributed by atoms with Crippen molar-refractivity contribution in [3.8, 4) is 0 Å². The lowest BCUT2D eigenvalue weighted by molar-refractivity contribution is -0.134. The molecule has 2 heterocycles. The third-order valence-corrected chi connectivity index (χ3v) is 4.68. The van der Waals surface area contributed by atoms with Crippen LogP contribution in [0.15, 0.2) is 22.8 Å². The summed E-state index contributed by atoms with van der Waals surface area (Å²) in [6.07, 6.45) is 2.12. The van der Waals surface area contributed by atoms with E-state index in [9.17, 15) is 9.90 Å². The van der Waals surface area contributed by atoms with Gasteiger partial charge in [-0.1, -0.05) is 0 Å². The van der Waals surface area contributed by atoms with E-state index in [1.165, 1.54) is 0 Å². The number of aliphatic hydroxyl groups excluding tert-OH is 1. The molecule has 3 atom stereocenters. The molecule has 1 N–H and O–H groups in total. The predicted octanol–water partition coefficient (Wildman–Crippen LogP) is 0.925. The van der Waals surface area contributed by atoms with Gasteiger partial charge in [0.25, 0.3) is 0 Å². The fraction of sp³-hybridized carbons (Fsp3) is 0.706. The average Bonchev–Trinajstić information content (AvgIpc) is 3.18. The summed E-state index contributed by atoms with van der Waals surface area (Å²) in [6, 6.07) is 3.83. The smallest absolute Gasteiger partial charge is 0.226 e. The summed E-state index contributed by atoms with van der Waals surface area (Å²) >= 11 is 0. The molecule has 128 valence electrons. The van der Waals surface area contributed by atoms with Gasteiger partial charge in [-0.15, -0.1) is 0 Å². The van der Waals surface area contributed by atoms with Crippen LogP contribution < -0.4 is 0 Å². The molecule has 1 amide bonds. The van der Waals surface area contributed by atoms with Crippen LogP contribution in [0.3, 0.4) is 0 Å². The highest BCUT2D eigenvalue weighted by atomic mass is 16.5. The minimum absolute atomic E-state index is 0.0937. The molecule has 1 aliphatic heterocycles. The Balaban J connectivity index is 1.40. The first-order valence-electron chi connectivity index (χ1n) is 8.49. The largest absolute Gasteiger partial charge is 0.469 e. The molecule has 1 aromatic rings. The third kappa shape index (κ3) is 4.13. The van der Waals surface area contributed by atoms with Crippen molar-refractivity contribution < 1.29 is 19.1 Å². The van der Waals surface area contributed by atoms with E-state index in [-0.39, 0.29) is 17.7 Å². The Morgan fingerprint density at radius 3 is 2.87 bits per heavy atom. The van der Waals surface area contributed by atoms with Crippen molar-refractivity contribution >= 4 is 5.91 Å². The number of piperazine rings is 1. The van der Waals surface area contributed by atoms with Crippen molar-refractivity contribution in [2.75, 3.05) is 45.9 Å². The number of ether oxygens (including phenoxy) is 1. The van der Waals surface area contributed by atoms with Gasteiger partial charge >= 0.3 is 0 Å². The maximum absolute atomic E-state index is 12.5. The lowest BCUT2D eigenvalue weighted by Gasteiger charge is -2.35. The van der Waals surface area contributed by atoms with Gasteiger partial charge in [0.05, 0.1) is 19.0 Å². The van der Waals surface area contributed by atoms with Gasteiger partial charge < -0.3 is 19.2 Å². The van der Waals surface area contributed by atoms with E-state index in [1.54, 1.807) is 6.26 Å². The SMILES string of the molecule is CCOC[C@H](O)CN1CCN(C(=O)[C@H]2C[C@H]2c2ccco2)CC1. The van der Waals surface area contributed by atoms with Gasteiger partial charge in [-0.3, -0.25) is 9.69 Å². The summed E-state index contributed by atoms with van der Waals surface area (Å²) < 4.78 is 10.6. The van der Waals surface area contributed by atoms with Crippen LogP contribution in [0.25, 0.3) is 0 Å². The van der Waals surface area contributed by atoms with Gasteiger partial charge in [0.15, 0.2) is 0 Å². The Morgan fingerprint density at radius 1 is 1.43 bits per heavy atom. The van der Waals surface area contributed by atoms with Crippen LogP contribution in [0.5, 0.6) is 0 Å². The number of hydrogen-bond donors (Lipinski definition) is 1. The second kappa shape index (κ2) is 7.47. The Morgan fingerprint density at radius 2 is 2.22 bits per heavy atom. The summed E-state index contributed by atoms with van der Waals surface area (Å²) in [5, 5.41) is 9.89. The Kier molecular flexibility index (Phi) is 5.35. The van der Waals surface area contributed by atoms with Crippen molar-refractivity contribution in [2.24, 2.45) is 5.92 Å². The first-order chi connectivity index (χ1) is 11.2. The number of furan rings is 1. The lowest BCUT2D eigenvalue weighted by Crippen LogP contribution is -2.51. The van der Waals surface area contributed by atoms with Gasteiger partial charge in [0.1, 0.15) is 5.76 Å². The summed E-state index contributed by atoms with van der Waals surface area (Å²) in [4.78, 5) is 16.7. The van der Waals surface area contributed by atoms with Gasteiger partial charge in [-0.05, 0) is 25.5 Å². The van der Waals surface area contributed by atoms with Crippen LogP contribution in [-0.2, 0) is 9.53 Å². The molecule has 1 saturated carbocycles. The Labute approximate surface area is 137 Å². The molecule has 6 nitrogen and oxygen atoms in total. The molecule has 0 unspecified atom stereocenters. The van der Waals surface area contributed by atoms with Crippen molar-refractivity contribution in [3.05, 3.63) is 24.2 Å². The molecule has 23 heavy (non-hydrogen) atoms.